The van der Waals surface area contributed by atoms with Crippen LogP contribution in [-0.4, -0.2) is 21.5 Å². The molecule has 2 aromatic carbocycles. The zero-order chi connectivity index (χ0) is 16.8. The molecule has 0 saturated heterocycles. The molecular formula is C20H19N3O. The summed E-state index contributed by atoms with van der Waals surface area (Å²) in [5.41, 5.74) is 7.32. The molecule has 0 spiro atoms. The van der Waals surface area contributed by atoms with Gasteiger partial charge in [0.2, 0.25) is 0 Å². The molecule has 2 aromatic heterocycles. The van der Waals surface area contributed by atoms with E-state index >= 15 is 0 Å². The van der Waals surface area contributed by atoms with Gasteiger partial charge in [0.1, 0.15) is 11.6 Å². The lowest BCUT2D eigenvalue weighted by atomic mass is 10.1. The maximum atomic E-state index is 5.42. The molecule has 24 heavy (non-hydrogen) atoms. The third kappa shape index (κ3) is 2.07. The minimum absolute atomic E-state index is 0.816. The Morgan fingerprint density at radius 1 is 0.917 bits per heavy atom. The van der Waals surface area contributed by atoms with Crippen LogP contribution in [0.3, 0.4) is 0 Å². The van der Waals surface area contributed by atoms with Gasteiger partial charge in [0, 0.05) is 11.6 Å². The minimum Gasteiger partial charge on any atom is -0.497 e. The van der Waals surface area contributed by atoms with Crippen molar-refractivity contribution in [2.45, 2.75) is 20.8 Å². The molecule has 4 rings (SSSR count). The fraction of sp³-hybridized carbons (Fsp3) is 0.200. The van der Waals surface area contributed by atoms with Crippen molar-refractivity contribution in [3.05, 3.63) is 59.4 Å². The number of methoxy groups -OCH3 is 1. The van der Waals surface area contributed by atoms with E-state index in [-0.39, 0.29) is 0 Å². The van der Waals surface area contributed by atoms with Gasteiger partial charge in [0.05, 0.1) is 35.0 Å². The van der Waals surface area contributed by atoms with Crippen LogP contribution in [0.25, 0.3) is 27.9 Å². The highest BCUT2D eigenvalue weighted by atomic mass is 16.5. The standard InChI is InChI=1S/C20H19N3O/c1-12-7-5-6-8-16(12)20-22-14(3)19-13(2)21-17-10-9-15(24-4)11-18(17)23(19)20/h5-11H,1-4H3. The van der Waals surface area contributed by atoms with E-state index in [1.807, 2.05) is 32.0 Å². The van der Waals surface area contributed by atoms with Crippen LogP contribution in [0.5, 0.6) is 5.75 Å². The number of aryl methyl sites for hydroxylation is 3. The first kappa shape index (κ1) is 14.7. The Morgan fingerprint density at radius 3 is 2.42 bits per heavy atom. The average molecular weight is 317 g/mol. The largest absolute Gasteiger partial charge is 0.497 e. The summed E-state index contributed by atoms with van der Waals surface area (Å²) < 4.78 is 7.62. The Kier molecular flexibility index (Phi) is 3.27. The fourth-order valence-corrected chi connectivity index (χ4v) is 3.33. The number of ether oxygens (including phenoxy) is 1. The van der Waals surface area contributed by atoms with Crippen molar-refractivity contribution in [2.75, 3.05) is 7.11 Å². The summed E-state index contributed by atoms with van der Waals surface area (Å²) in [5.74, 6) is 1.76. The zero-order valence-electron chi connectivity index (χ0n) is 14.3. The first-order valence-electron chi connectivity index (χ1n) is 7.99. The molecule has 2 heterocycles. The molecule has 0 bridgehead atoms. The summed E-state index contributed by atoms with van der Waals surface area (Å²) in [7, 11) is 1.68. The van der Waals surface area contributed by atoms with E-state index in [2.05, 4.69) is 35.6 Å². The van der Waals surface area contributed by atoms with E-state index < -0.39 is 0 Å². The van der Waals surface area contributed by atoms with Crippen LogP contribution in [-0.2, 0) is 0 Å². The van der Waals surface area contributed by atoms with Gasteiger partial charge in [-0.15, -0.1) is 0 Å². The molecule has 4 aromatic rings. The SMILES string of the molecule is COc1ccc2nc(C)c3c(C)nc(-c4ccccc4C)n3c2c1. The highest BCUT2D eigenvalue weighted by molar-refractivity contribution is 5.85. The van der Waals surface area contributed by atoms with Gasteiger partial charge in [0.15, 0.2) is 0 Å². The van der Waals surface area contributed by atoms with E-state index in [1.54, 1.807) is 7.11 Å². The summed E-state index contributed by atoms with van der Waals surface area (Å²) in [5, 5.41) is 0. The second-order valence-electron chi connectivity index (χ2n) is 6.07. The van der Waals surface area contributed by atoms with Crippen molar-refractivity contribution in [3.63, 3.8) is 0 Å². The number of hydrogen-bond acceptors (Lipinski definition) is 3. The molecule has 0 N–H and O–H groups in total. The van der Waals surface area contributed by atoms with Crippen molar-refractivity contribution in [3.8, 4) is 17.1 Å². The third-order valence-electron chi connectivity index (χ3n) is 4.49. The maximum Gasteiger partial charge on any atom is 0.145 e. The molecule has 0 aliphatic carbocycles. The Hall–Kier alpha value is -2.88. The molecule has 120 valence electrons. The Labute approximate surface area is 140 Å². The Balaban J connectivity index is 2.21. The number of hydrogen-bond donors (Lipinski definition) is 0. The van der Waals surface area contributed by atoms with Crippen molar-refractivity contribution >= 4 is 16.6 Å². The molecule has 0 aliphatic heterocycles. The van der Waals surface area contributed by atoms with Gasteiger partial charge in [-0.05, 0) is 38.5 Å². The molecular weight excluding hydrogens is 298 g/mol. The quantitative estimate of drug-likeness (QED) is 0.547. The summed E-state index contributed by atoms with van der Waals surface area (Å²) in [6.07, 6.45) is 0. The highest BCUT2D eigenvalue weighted by Crippen LogP contribution is 2.31. The fourth-order valence-electron chi connectivity index (χ4n) is 3.33. The summed E-state index contributed by atoms with van der Waals surface area (Å²) >= 11 is 0. The van der Waals surface area contributed by atoms with Gasteiger partial charge in [0.25, 0.3) is 0 Å². The predicted octanol–water partition coefficient (Wildman–Crippen LogP) is 4.48. The molecule has 0 fully saturated rings. The summed E-state index contributed by atoms with van der Waals surface area (Å²) in [4.78, 5) is 9.62. The molecule has 0 saturated carbocycles. The van der Waals surface area contributed by atoms with Gasteiger partial charge in [-0.25, -0.2) is 9.97 Å². The van der Waals surface area contributed by atoms with Crippen molar-refractivity contribution in [1.29, 1.82) is 0 Å². The minimum atomic E-state index is 0.816. The van der Waals surface area contributed by atoms with Gasteiger partial charge >= 0.3 is 0 Å². The second kappa shape index (κ2) is 5.34. The first-order chi connectivity index (χ1) is 11.6. The van der Waals surface area contributed by atoms with Crippen LogP contribution in [0.15, 0.2) is 42.5 Å². The average Bonchev–Trinajstić information content (AvgIpc) is 2.93. The maximum absolute atomic E-state index is 5.42. The molecule has 4 heteroatoms. The van der Waals surface area contributed by atoms with E-state index in [0.29, 0.717) is 0 Å². The first-order valence-corrected chi connectivity index (χ1v) is 7.99. The Morgan fingerprint density at radius 2 is 1.67 bits per heavy atom. The number of imidazole rings is 1. The van der Waals surface area contributed by atoms with E-state index in [9.17, 15) is 0 Å². The number of benzene rings is 2. The summed E-state index contributed by atoms with van der Waals surface area (Å²) in [6.45, 7) is 6.19. The molecule has 0 unspecified atom stereocenters. The number of rotatable bonds is 2. The lowest BCUT2D eigenvalue weighted by Gasteiger charge is -2.11. The van der Waals surface area contributed by atoms with Gasteiger partial charge in [-0.1, -0.05) is 24.3 Å². The van der Waals surface area contributed by atoms with Crippen molar-refractivity contribution in [1.82, 2.24) is 14.4 Å². The highest BCUT2D eigenvalue weighted by Gasteiger charge is 2.17. The van der Waals surface area contributed by atoms with Crippen molar-refractivity contribution in [2.24, 2.45) is 0 Å². The lowest BCUT2D eigenvalue weighted by molar-refractivity contribution is 0.415. The van der Waals surface area contributed by atoms with Gasteiger partial charge in [-0.2, -0.15) is 0 Å². The molecule has 0 atom stereocenters. The molecule has 4 nitrogen and oxygen atoms in total. The van der Waals surface area contributed by atoms with Crippen molar-refractivity contribution < 1.29 is 4.74 Å². The van der Waals surface area contributed by atoms with Crippen LogP contribution in [0.1, 0.15) is 17.0 Å². The van der Waals surface area contributed by atoms with E-state index in [1.165, 1.54) is 5.56 Å². The monoisotopic (exact) mass is 317 g/mol. The van der Waals surface area contributed by atoms with E-state index in [0.717, 1.165) is 45.1 Å². The number of aromatic nitrogens is 3. The topological polar surface area (TPSA) is 39.4 Å². The van der Waals surface area contributed by atoms with Gasteiger partial charge in [-0.3, -0.25) is 4.40 Å². The van der Waals surface area contributed by atoms with Crippen LogP contribution in [0, 0.1) is 20.8 Å². The third-order valence-corrected chi connectivity index (χ3v) is 4.49. The Bertz CT molecular complexity index is 1080. The van der Waals surface area contributed by atoms with Crippen LogP contribution in [0.4, 0.5) is 0 Å². The normalized spacial score (nSPS) is 11.3. The van der Waals surface area contributed by atoms with Crippen LogP contribution >= 0.6 is 0 Å². The second-order valence-corrected chi connectivity index (χ2v) is 6.07. The van der Waals surface area contributed by atoms with Crippen LogP contribution in [0.2, 0.25) is 0 Å². The van der Waals surface area contributed by atoms with E-state index in [4.69, 9.17) is 14.7 Å². The smallest absolute Gasteiger partial charge is 0.145 e. The lowest BCUT2D eigenvalue weighted by Crippen LogP contribution is -1.98. The molecule has 0 radical (unpaired) electrons. The zero-order valence-corrected chi connectivity index (χ0v) is 14.3. The molecule has 0 amide bonds. The number of fused-ring (bicyclic) bond motifs is 3. The predicted molar refractivity (Wildman–Crippen MR) is 96.7 cm³/mol. The number of nitrogens with zero attached hydrogens (tertiary/aromatic N) is 3. The summed E-state index contributed by atoms with van der Waals surface area (Å²) in [6, 6.07) is 14.3. The van der Waals surface area contributed by atoms with Gasteiger partial charge < -0.3 is 4.74 Å². The van der Waals surface area contributed by atoms with Crippen LogP contribution < -0.4 is 4.74 Å². The molecule has 0 aliphatic rings.